The second kappa shape index (κ2) is 4.96. The molecule has 0 atom stereocenters. The van der Waals surface area contributed by atoms with Gasteiger partial charge in [-0.25, -0.2) is 0 Å². The molecule has 0 amide bonds. The number of hydrogen-bond acceptors (Lipinski definition) is 3. The highest BCUT2D eigenvalue weighted by atomic mass is 16.5. The fraction of sp³-hybridized carbons (Fsp3) is 0.571. The van der Waals surface area contributed by atoms with Gasteiger partial charge in [-0.1, -0.05) is 6.07 Å². The number of nitrogens with one attached hydrogen (secondary N) is 1. The van der Waals surface area contributed by atoms with E-state index in [9.17, 15) is 0 Å². The molecule has 1 saturated heterocycles. The molecule has 3 heteroatoms. The van der Waals surface area contributed by atoms with Crippen molar-refractivity contribution in [1.29, 1.82) is 0 Å². The van der Waals surface area contributed by atoms with E-state index in [0.29, 0.717) is 0 Å². The first-order valence-corrected chi connectivity index (χ1v) is 6.64. The number of likely N-dealkylation sites (tertiary alicyclic amines) is 1. The molecule has 2 aliphatic heterocycles. The fourth-order valence-corrected chi connectivity index (χ4v) is 2.66. The predicted molar refractivity (Wildman–Crippen MR) is 69.8 cm³/mol. The molecule has 0 spiro atoms. The van der Waals surface area contributed by atoms with Crippen molar-refractivity contribution < 1.29 is 4.74 Å². The molecule has 0 radical (unpaired) electrons. The standard InChI is InChI=1S/C14H20N2O/c1-2-8-16(7-1)9-10-17-13-4-3-12-5-6-15-14(12)11-13/h3-4,11,15H,1-2,5-10H2. The van der Waals surface area contributed by atoms with Gasteiger partial charge in [-0.05, 0) is 44.0 Å². The number of benzene rings is 1. The second-order valence-electron chi connectivity index (χ2n) is 4.89. The molecular weight excluding hydrogens is 212 g/mol. The van der Waals surface area contributed by atoms with E-state index in [1.54, 1.807) is 0 Å². The lowest BCUT2D eigenvalue weighted by Gasteiger charge is -2.15. The van der Waals surface area contributed by atoms with Gasteiger partial charge in [0.1, 0.15) is 12.4 Å². The summed E-state index contributed by atoms with van der Waals surface area (Å²) < 4.78 is 5.81. The largest absolute Gasteiger partial charge is 0.492 e. The SMILES string of the molecule is c1cc2c(cc1OCCN1CCCC1)NCC2. The number of hydrogen-bond donors (Lipinski definition) is 1. The van der Waals surface area contributed by atoms with E-state index in [4.69, 9.17) is 4.74 Å². The lowest BCUT2D eigenvalue weighted by molar-refractivity contribution is 0.238. The number of fused-ring (bicyclic) bond motifs is 1. The lowest BCUT2D eigenvalue weighted by atomic mass is 10.1. The first-order valence-electron chi connectivity index (χ1n) is 6.64. The van der Waals surface area contributed by atoms with Gasteiger partial charge in [-0.2, -0.15) is 0 Å². The molecule has 0 bridgehead atoms. The molecule has 1 aromatic rings. The molecule has 2 heterocycles. The summed E-state index contributed by atoms with van der Waals surface area (Å²) in [7, 11) is 0. The molecule has 3 rings (SSSR count). The summed E-state index contributed by atoms with van der Waals surface area (Å²) in [6.07, 6.45) is 3.84. The van der Waals surface area contributed by atoms with Crippen LogP contribution in [0.4, 0.5) is 5.69 Å². The predicted octanol–water partition coefficient (Wildman–Crippen LogP) is 2.13. The van der Waals surface area contributed by atoms with E-state index in [0.717, 1.165) is 31.9 Å². The minimum atomic E-state index is 0.804. The number of anilines is 1. The van der Waals surface area contributed by atoms with Gasteiger partial charge in [0.2, 0.25) is 0 Å². The molecule has 1 aromatic carbocycles. The Morgan fingerprint density at radius 2 is 2.12 bits per heavy atom. The molecule has 17 heavy (non-hydrogen) atoms. The van der Waals surface area contributed by atoms with Gasteiger partial charge in [0.05, 0.1) is 0 Å². The first-order chi connectivity index (χ1) is 8.42. The quantitative estimate of drug-likeness (QED) is 0.860. The van der Waals surface area contributed by atoms with Gasteiger partial charge >= 0.3 is 0 Å². The van der Waals surface area contributed by atoms with Crippen LogP contribution in [0.3, 0.4) is 0 Å². The zero-order valence-corrected chi connectivity index (χ0v) is 10.2. The molecule has 0 saturated carbocycles. The zero-order valence-electron chi connectivity index (χ0n) is 10.2. The lowest BCUT2D eigenvalue weighted by Crippen LogP contribution is -2.25. The van der Waals surface area contributed by atoms with E-state index < -0.39 is 0 Å². The monoisotopic (exact) mass is 232 g/mol. The van der Waals surface area contributed by atoms with E-state index >= 15 is 0 Å². The van der Waals surface area contributed by atoms with E-state index in [1.807, 2.05) is 0 Å². The van der Waals surface area contributed by atoms with Gasteiger partial charge in [0.25, 0.3) is 0 Å². The summed E-state index contributed by atoms with van der Waals surface area (Å²) in [6, 6.07) is 6.41. The highest BCUT2D eigenvalue weighted by Crippen LogP contribution is 2.26. The van der Waals surface area contributed by atoms with E-state index in [2.05, 4.69) is 28.4 Å². The Balaban J connectivity index is 1.51. The Kier molecular flexibility index (Phi) is 3.18. The Morgan fingerprint density at radius 3 is 3.00 bits per heavy atom. The maximum absolute atomic E-state index is 5.81. The molecule has 0 aromatic heterocycles. The van der Waals surface area contributed by atoms with Crippen LogP contribution in [0.25, 0.3) is 0 Å². The van der Waals surface area contributed by atoms with Crippen LogP contribution in [-0.4, -0.2) is 37.7 Å². The molecule has 92 valence electrons. The van der Waals surface area contributed by atoms with Crippen LogP contribution in [0.5, 0.6) is 5.75 Å². The van der Waals surface area contributed by atoms with Gasteiger partial charge in [-0.15, -0.1) is 0 Å². The highest BCUT2D eigenvalue weighted by molar-refractivity contribution is 5.58. The molecule has 3 nitrogen and oxygen atoms in total. The number of ether oxygens (including phenoxy) is 1. The van der Waals surface area contributed by atoms with Gasteiger partial charge in [0.15, 0.2) is 0 Å². The third-order valence-corrected chi connectivity index (χ3v) is 3.67. The minimum absolute atomic E-state index is 0.804. The van der Waals surface area contributed by atoms with E-state index in [1.165, 1.54) is 37.2 Å². The second-order valence-corrected chi connectivity index (χ2v) is 4.89. The first kappa shape index (κ1) is 10.9. The van der Waals surface area contributed by atoms with Gasteiger partial charge in [0, 0.05) is 24.8 Å². The van der Waals surface area contributed by atoms with Crippen molar-refractivity contribution in [1.82, 2.24) is 4.90 Å². The van der Waals surface area contributed by atoms with Crippen LogP contribution in [0, 0.1) is 0 Å². The molecule has 1 fully saturated rings. The molecule has 0 aliphatic carbocycles. The van der Waals surface area contributed by atoms with Crippen molar-refractivity contribution >= 4 is 5.69 Å². The maximum atomic E-state index is 5.81. The van der Waals surface area contributed by atoms with Crippen LogP contribution in [0.1, 0.15) is 18.4 Å². The summed E-state index contributed by atoms with van der Waals surface area (Å²) in [6.45, 7) is 5.42. The zero-order chi connectivity index (χ0) is 11.5. The average Bonchev–Trinajstić information content (AvgIpc) is 2.98. The van der Waals surface area contributed by atoms with Crippen molar-refractivity contribution in [2.75, 3.05) is 38.1 Å². The number of nitrogens with zero attached hydrogens (tertiary/aromatic N) is 1. The summed E-state index contributed by atoms with van der Waals surface area (Å²) in [4.78, 5) is 2.48. The van der Waals surface area contributed by atoms with Crippen LogP contribution in [0.2, 0.25) is 0 Å². The van der Waals surface area contributed by atoms with Crippen LogP contribution in [0.15, 0.2) is 18.2 Å². The Hall–Kier alpha value is -1.22. The topological polar surface area (TPSA) is 24.5 Å². The molecule has 2 aliphatic rings. The third kappa shape index (κ3) is 2.55. The Bertz CT molecular complexity index is 386. The average molecular weight is 232 g/mol. The molecule has 0 unspecified atom stereocenters. The molecular formula is C14H20N2O. The van der Waals surface area contributed by atoms with Crippen LogP contribution < -0.4 is 10.1 Å². The summed E-state index contributed by atoms with van der Waals surface area (Å²) in [5.74, 6) is 0.998. The summed E-state index contributed by atoms with van der Waals surface area (Å²) in [5, 5.41) is 3.38. The van der Waals surface area contributed by atoms with Crippen LogP contribution >= 0.6 is 0 Å². The van der Waals surface area contributed by atoms with E-state index in [-0.39, 0.29) is 0 Å². The van der Waals surface area contributed by atoms with Crippen molar-refractivity contribution in [3.05, 3.63) is 23.8 Å². The van der Waals surface area contributed by atoms with Crippen molar-refractivity contribution in [2.24, 2.45) is 0 Å². The number of rotatable bonds is 4. The third-order valence-electron chi connectivity index (χ3n) is 3.67. The Labute approximate surface area is 103 Å². The normalized spacial score (nSPS) is 19.1. The van der Waals surface area contributed by atoms with Gasteiger partial charge < -0.3 is 10.1 Å². The highest BCUT2D eigenvalue weighted by Gasteiger charge is 2.12. The van der Waals surface area contributed by atoms with Crippen molar-refractivity contribution in [3.63, 3.8) is 0 Å². The van der Waals surface area contributed by atoms with Crippen molar-refractivity contribution in [3.8, 4) is 5.75 Å². The Morgan fingerprint density at radius 1 is 1.24 bits per heavy atom. The van der Waals surface area contributed by atoms with Gasteiger partial charge in [-0.3, -0.25) is 4.90 Å². The summed E-state index contributed by atoms with van der Waals surface area (Å²) in [5.41, 5.74) is 2.67. The fourth-order valence-electron chi connectivity index (χ4n) is 2.66. The summed E-state index contributed by atoms with van der Waals surface area (Å²) >= 11 is 0. The van der Waals surface area contributed by atoms with Crippen LogP contribution in [-0.2, 0) is 6.42 Å². The molecule has 1 N–H and O–H groups in total. The maximum Gasteiger partial charge on any atom is 0.121 e. The minimum Gasteiger partial charge on any atom is -0.492 e. The smallest absolute Gasteiger partial charge is 0.121 e. The van der Waals surface area contributed by atoms with Crippen molar-refractivity contribution in [2.45, 2.75) is 19.3 Å².